The number of hydrogen-bond acceptors (Lipinski definition) is 3. The summed E-state index contributed by atoms with van der Waals surface area (Å²) >= 11 is 0. The van der Waals surface area contributed by atoms with Gasteiger partial charge in [0.05, 0.1) is 24.7 Å². The number of anilines is 1. The molecule has 1 aromatic carbocycles. The fourth-order valence-electron chi connectivity index (χ4n) is 1.15. The van der Waals surface area contributed by atoms with E-state index in [1.165, 1.54) is 0 Å². The minimum absolute atomic E-state index is 0.158. The summed E-state index contributed by atoms with van der Waals surface area (Å²) < 4.78 is 38.6. The van der Waals surface area contributed by atoms with Crippen molar-refractivity contribution in [2.45, 2.75) is 6.42 Å². The van der Waals surface area contributed by atoms with E-state index in [4.69, 9.17) is 5.26 Å². The zero-order valence-electron chi connectivity index (χ0n) is 9.27. The second-order valence-electron chi connectivity index (χ2n) is 3.36. The van der Waals surface area contributed by atoms with Gasteiger partial charge in [0.15, 0.2) is 11.6 Å². The fourth-order valence-corrected chi connectivity index (χ4v) is 1.15. The summed E-state index contributed by atoms with van der Waals surface area (Å²) in [6, 6.07) is 2.86. The summed E-state index contributed by atoms with van der Waals surface area (Å²) in [6.07, 6.45) is 0.158. The Labute approximate surface area is 101 Å². The molecule has 4 nitrogen and oxygen atoms in total. The van der Waals surface area contributed by atoms with Crippen LogP contribution in [-0.2, 0) is 4.79 Å². The van der Waals surface area contributed by atoms with Gasteiger partial charge in [-0.05, 0) is 0 Å². The predicted molar refractivity (Wildman–Crippen MR) is 58.0 cm³/mol. The lowest BCUT2D eigenvalue weighted by Crippen LogP contribution is -2.30. The van der Waals surface area contributed by atoms with Crippen molar-refractivity contribution in [2.24, 2.45) is 0 Å². The van der Waals surface area contributed by atoms with Crippen LogP contribution in [0, 0.1) is 28.8 Å². The summed E-state index contributed by atoms with van der Waals surface area (Å²) in [6.45, 7) is -0.120. The third-order valence-electron chi connectivity index (χ3n) is 2.01. The third-order valence-corrected chi connectivity index (χ3v) is 2.01. The number of amides is 1. The molecule has 0 radical (unpaired) electrons. The molecule has 0 heterocycles. The van der Waals surface area contributed by atoms with Crippen molar-refractivity contribution in [3.05, 3.63) is 29.6 Å². The summed E-state index contributed by atoms with van der Waals surface area (Å²) in [4.78, 5) is 11.2. The van der Waals surface area contributed by atoms with Crippen molar-refractivity contribution in [3.63, 3.8) is 0 Å². The van der Waals surface area contributed by atoms with Gasteiger partial charge in [-0.1, -0.05) is 0 Å². The quantitative estimate of drug-likeness (QED) is 0.621. The Balaban J connectivity index is 2.51. The first kappa shape index (κ1) is 13.8. The van der Waals surface area contributed by atoms with E-state index >= 15 is 0 Å². The lowest BCUT2D eigenvalue weighted by Gasteiger charge is -2.08. The second kappa shape index (κ2) is 6.49. The molecule has 0 aliphatic rings. The Morgan fingerprint density at radius 1 is 1.22 bits per heavy atom. The van der Waals surface area contributed by atoms with E-state index in [9.17, 15) is 18.0 Å². The van der Waals surface area contributed by atoms with Crippen LogP contribution >= 0.6 is 0 Å². The highest BCUT2D eigenvalue weighted by atomic mass is 19.2. The average molecular weight is 257 g/mol. The number of nitrogens with zero attached hydrogens (tertiary/aromatic N) is 1. The number of nitriles is 1. The number of halogens is 3. The van der Waals surface area contributed by atoms with E-state index in [0.29, 0.717) is 12.1 Å². The van der Waals surface area contributed by atoms with E-state index in [1.54, 1.807) is 0 Å². The van der Waals surface area contributed by atoms with Gasteiger partial charge in [-0.3, -0.25) is 4.79 Å². The van der Waals surface area contributed by atoms with E-state index in [1.807, 2.05) is 6.07 Å². The minimum atomic E-state index is -1.29. The van der Waals surface area contributed by atoms with Gasteiger partial charge in [0.2, 0.25) is 5.91 Å². The number of hydrogen-bond donors (Lipinski definition) is 2. The van der Waals surface area contributed by atoms with E-state index < -0.39 is 23.4 Å². The maximum absolute atomic E-state index is 13.1. The van der Waals surface area contributed by atoms with Gasteiger partial charge < -0.3 is 10.6 Å². The molecule has 0 aliphatic heterocycles. The Morgan fingerprint density at radius 2 is 1.89 bits per heavy atom. The maximum Gasteiger partial charge on any atom is 0.239 e. The Morgan fingerprint density at radius 3 is 2.56 bits per heavy atom. The van der Waals surface area contributed by atoms with Gasteiger partial charge in [-0.25, -0.2) is 13.2 Å². The smallest absolute Gasteiger partial charge is 0.239 e. The number of rotatable bonds is 5. The van der Waals surface area contributed by atoms with Crippen molar-refractivity contribution in [2.75, 3.05) is 18.4 Å². The summed E-state index contributed by atoms with van der Waals surface area (Å²) in [5.74, 6) is -3.96. The van der Waals surface area contributed by atoms with Crippen LogP contribution in [0.4, 0.5) is 18.9 Å². The zero-order valence-corrected chi connectivity index (χ0v) is 9.27. The minimum Gasteiger partial charge on any atom is -0.374 e. The van der Waals surface area contributed by atoms with Crippen LogP contribution in [0.25, 0.3) is 0 Å². The number of nitrogens with one attached hydrogen (secondary N) is 2. The highest BCUT2D eigenvalue weighted by Gasteiger charge is 2.10. The predicted octanol–water partition coefficient (Wildman–Crippen LogP) is 1.55. The highest BCUT2D eigenvalue weighted by molar-refractivity contribution is 5.80. The van der Waals surface area contributed by atoms with Crippen LogP contribution in [0.2, 0.25) is 0 Å². The molecule has 0 atom stereocenters. The number of benzene rings is 1. The largest absolute Gasteiger partial charge is 0.374 e. The van der Waals surface area contributed by atoms with Crippen LogP contribution in [0.3, 0.4) is 0 Å². The third kappa shape index (κ3) is 3.97. The highest BCUT2D eigenvalue weighted by Crippen LogP contribution is 2.17. The molecule has 0 unspecified atom stereocenters. The monoisotopic (exact) mass is 257 g/mol. The molecule has 0 saturated heterocycles. The Kier molecular flexibility index (Phi) is 4.99. The van der Waals surface area contributed by atoms with Crippen LogP contribution in [-0.4, -0.2) is 19.0 Å². The molecule has 7 heteroatoms. The van der Waals surface area contributed by atoms with E-state index in [2.05, 4.69) is 10.6 Å². The summed E-state index contributed by atoms with van der Waals surface area (Å²) in [5.41, 5.74) is -0.302. The molecule has 0 bridgehead atoms. The van der Waals surface area contributed by atoms with Crippen molar-refractivity contribution in [3.8, 4) is 6.07 Å². The van der Waals surface area contributed by atoms with Crippen LogP contribution in [0.15, 0.2) is 12.1 Å². The first-order valence-corrected chi connectivity index (χ1v) is 5.06. The summed E-state index contributed by atoms with van der Waals surface area (Å²) in [5, 5.41) is 13.0. The molecule has 0 aliphatic carbocycles. The van der Waals surface area contributed by atoms with E-state index in [0.717, 1.165) is 0 Å². The van der Waals surface area contributed by atoms with Crippen LogP contribution < -0.4 is 10.6 Å². The van der Waals surface area contributed by atoms with Crippen LogP contribution in [0.5, 0.6) is 0 Å². The Bertz CT molecular complexity index is 485. The molecule has 2 N–H and O–H groups in total. The lowest BCUT2D eigenvalue weighted by atomic mass is 10.3. The van der Waals surface area contributed by atoms with Gasteiger partial charge in [0.25, 0.3) is 0 Å². The van der Waals surface area contributed by atoms with Crippen molar-refractivity contribution >= 4 is 11.6 Å². The van der Waals surface area contributed by atoms with Crippen molar-refractivity contribution in [1.29, 1.82) is 5.26 Å². The van der Waals surface area contributed by atoms with Gasteiger partial charge in [0, 0.05) is 18.7 Å². The maximum atomic E-state index is 13.1. The molecule has 1 rings (SSSR count). The molecule has 96 valence electrons. The molecule has 0 spiro atoms. The van der Waals surface area contributed by atoms with Crippen LogP contribution in [0.1, 0.15) is 6.42 Å². The van der Waals surface area contributed by atoms with Gasteiger partial charge >= 0.3 is 0 Å². The molecule has 0 saturated carbocycles. The molecular weight excluding hydrogens is 247 g/mol. The average Bonchev–Trinajstić information content (AvgIpc) is 2.32. The molecule has 18 heavy (non-hydrogen) atoms. The first-order valence-electron chi connectivity index (χ1n) is 5.06. The summed E-state index contributed by atoms with van der Waals surface area (Å²) in [7, 11) is 0. The fraction of sp³-hybridized carbons (Fsp3) is 0.273. The first-order chi connectivity index (χ1) is 8.54. The van der Waals surface area contributed by atoms with Gasteiger partial charge in [-0.2, -0.15) is 5.26 Å². The number of carbonyl (C=O) groups is 1. The normalized spacial score (nSPS) is 9.67. The van der Waals surface area contributed by atoms with Gasteiger partial charge in [-0.15, -0.1) is 0 Å². The molecular formula is C11H10F3N3O. The van der Waals surface area contributed by atoms with E-state index in [-0.39, 0.29) is 25.2 Å². The van der Waals surface area contributed by atoms with Crippen molar-refractivity contribution in [1.82, 2.24) is 5.32 Å². The van der Waals surface area contributed by atoms with Crippen molar-refractivity contribution < 1.29 is 18.0 Å². The molecule has 0 fully saturated rings. The SMILES string of the molecule is N#CCCNC(=O)CNc1cc(F)c(F)cc1F. The van der Waals surface area contributed by atoms with Gasteiger partial charge in [0.1, 0.15) is 5.82 Å². The molecule has 1 aromatic rings. The number of carbonyl (C=O) groups excluding carboxylic acids is 1. The lowest BCUT2D eigenvalue weighted by molar-refractivity contribution is -0.119. The molecule has 0 aromatic heterocycles. The standard InChI is InChI=1S/C11H10F3N3O/c12-7-4-9(14)10(5-8(7)13)17-6-11(18)16-3-1-2-15/h4-5,17H,1,3,6H2,(H,16,18). The topological polar surface area (TPSA) is 64.9 Å². The Hall–Kier alpha value is -2.23. The second-order valence-corrected chi connectivity index (χ2v) is 3.36. The molecule has 1 amide bonds. The zero-order chi connectivity index (χ0) is 13.5.